The summed E-state index contributed by atoms with van der Waals surface area (Å²) in [5.41, 5.74) is 0. The van der Waals surface area contributed by atoms with Crippen LogP contribution in [-0.2, 0) is 0 Å². The summed E-state index contributed by atoms with van der Waals surface area (Å²) in [5.74, 6) is 3.82. The Morgan fingerprint density at radius 1 is 1.10 bits per heavy atom. The van der Waals surface area contributed by atoms with Gasteiger partial charge in [-0.2, -0.15) is 4.98 Å². The molecule has 3 heterocycles. The van der Waals surface area contributed by atoms with Gasteiger partial charge in [-0.05, 0) is 45.1 Å². The molecule has 0 amide bonds. The van der Waals surface area contributed by atoms with Crippen LogP contribution in [0, 0.1) is 18.8 Å². The molecule has 3 fully saturated rings. The van der Waals surface area contributed by atoms with Crippen molar-refractivity contribution >= 4 is 0 Å². The standard InChI is InChI=1S/C17H27N3O/c1-11-18-17(21-19-11)16-14(12-6-4-3-5-7-12)10-13-8-9-15(16)20(13)2/h12-16H,3-10H2,1-2H3/t13-,14?,15?,16+/m1/s1. The number of aryl methyl sites for hydroxylation is 1. The van der Waals surface area contributed by atoms with Crippen molar-refractivity contribution in [3.63, 3.8) is 0 Å². The van der Waals surface area contributed by atoms with Gasteiger partial charge >= 0.3 is 0 Å². The van der Waals surface area contributed by atoms with Gasteiger partial charge in [-0.3, -0.25) is 4.90 Å². The normalized spacial score (nSPS) is 38.0. The lowest BCUT2D eigenvalue weighted by Crippen LogP contribution is -2.47. The molecule has 1 saturated carbocycles. The molecule has 0 radical (unpaired) electrons. The number of fused-ring (bicyclic) bond motifs is 2. The lowest BCUT2D eigenvalue weighted by molar-refractivity contribution is 0.0493. The van der Waals surface area contributed by atoms with Crippen LogP contribution in [0.5, 0.6) is 0 Å². The molecule has 1 aromatic rings. The highest BCUT2D eigenvalue weighted by Crippen LogP contribution is 2.51. The van der Waals surface area contributed by atoms with E-state index in [-0.39, 0.29) is 0 Å². The summed E-state index contributed by atoms with van der Waals surface area (Å²) in [6.07, 6.45) is 11.1. The zero-order valence-electron chi connectivity index (χ0n) is 13.3. The lowest BCUT2D eigenvalue weighted by Gasteiger charge is -2.45. The molecule has 1 aliphatic carbocycles. The van der Waals surface area contributed by atoms with Crippen molar-refractivity contribution in [3.05, 3.63) is 11.7 Å². The number of nitrogens with zero attached hydrogens (tertiary/aromatic N) is 3. The molecule has 21 heavy (non-hydrogen) atoms. The second-order valence-electron chi connectivity index (χ2n) is 7.47. The van der Waals surface area contributed by atoms with E-state index in [0.717, 1.165) is 29.6 Å². The number of aromatic nitrogens is 2. The van der Waals surface area contributed by atoms with E-state index in [0.29, 0.717) is 12.0 Å². The second kappa shape index (κ2) is 5.38. The van der Waals surface area contributed by atoms with Gasteiger partial charge in [0.2, 0.25) is 5.89 Å². The Labute approximate surface area is 127 Å². The summed E-state index contributed by atoms with van der Waals surface area (Å²) in [6.45, 7) is 1.94. The first-order valence-corrected chi connectivity index (χ1v) is 8.76. The van der Waals surface area contributed by atoms with Crippen molar-refractivity contribution in [1.82, 2.24) is 15.0 Å². The molecule has 0 N–H and O–H groups in total. The van der Waals surface area contributed by atoms with Crippen LogP contribution in [0.4, 0.5) is 0 Å². The first-order chi connectivity index (χ1) is 10.2. The van der Waals surface area contributed by atoms with Gasteiger partial charge in [0.05, 0.1) is 5.92 Å². The van der Waals surface area contributed by atoms with Crippen LogP contribution in [-0.4, -0.2) is 34.2 Å². The van der Waals surface area contributed by atoms with E-state index in [2.05, 4.69) is 22.1 Å². The SMILES string of the molecule is Cc1noc([C@H]2C(C3CCCCC3)C[C@H]3CCC2N3C)n1. The molecule has 0 aromatic carbocycles. The highest BCUT2D eigenvalue weighted by molar-refractivity contribution is 5.11. The molecule has 2 unspecified atom stereocenters. The minimum absolute atomic E-state index is 0.470. The summed E-state index contributed by atoms with van der Waals surface area (Å²) in [5, 5.41) is 4.07. The zero-order valence-corrected chi connectivity index (χ0v) is 13.3. The minimum atomic E-state index is 0.470. The Balaban J connectivity index is 1.66. The Morgan fingerprint density at radius 3 is 2.62 bits per heavy atom. The van der Waals surface area contributed by atoms with E-state index < -0.39 is 0 Å². The highest BCUT2D eigenvalue weighted by atomic mass is 16.5. The molecule has 116 valence electrons. The van der Waals surface area contributed by atoms with Crippen LogP contribution in [0.2, 0.25) is 0 Å². The average Bonchev–Trinajstić information content (AvgIpc) is 3.01. The fraction of sp³-hybridized carbons (Fsp3) is 0.882. The number of hydrogen-bond acceptors (Lipinski definition) is 4. The first kappa shape index (κ1) is 13.7. The van der Waals surface area contributed by atoms with Crippen LogP contribution >= 0.6 is 0 Å². The number of hydrogen-bond donors (Lipinski definition) is 0. The van der Waals surface area contributed by atoms with Crippen LogP contribution in [0.15, 0.2) is 4.52 Å². The Hall–Kier alpha value is -0.900. The number of piperidine rings is 1. The van der Waals surface area contributed by atoms with Crippen molar-refractivity contribution in [2.75, 3.05) is 7.05 Å². The van der Waals surface area contributed by atoms with Crippen molar-refractivity contribution in [2.45, 2.75) is 76.3 Å². The molecule has 2 aliphatic heterocycles. The molecular formula is C17H27N3O. The van der Waals surface area contributed by atoms with Gasteiger partial charge in [-0.15, -0.1) is 0 Å². The van der Waals surface area contributed by atoms with E-state index >= 15 is 0 Å². The van der Waals surface area contributed by atoms with E-state index in [1.807, 2.05) is 6.92 Å². The fourth-order valence-electron chi connectivity index (χ4n) is 5.35. The predicted octanol–water partition coefficient (Wildman–Crippen LogP) is 3.52. The largest absolute Gasteiger partial charge is 0.339 e. The zero-order chi connectivity index (χ0) is 14.4. The van der Waals surface area contributed by atoms with E-state index in [1.54, 1.807) is 0 Å². The van der Waals surface area contributed by atoms with E-state index in [4.69, 9.17) is 4.52 Å². The quantitative estimate of drug-likeness (QED) is 0.835. The summed E-state index contributed by atoms with van der Waals surface area (Å²) in [7, 11) is 2.30. The Bertz CT molecular complexity index is 494. The van der Waals surface area contributed by atoms with Gasteiger partial charge in [0.1, 0.15) is 0 Å². The maximum Gasteiger partial charge on any atom is 0.231 e. The van der Waals surface area contributed by atoms with Gasteiger partial charge in [-0.25, -0.2) is 0 Å². The molecular weight excluding hydrogens is 262 g/mol. The molecule has 4 nitrogen and oxygen atoms in total. The Morgan fingerprint density at radius 2 is 1.90 bits per heavy atom. The minimum Gasteiger partial charge on any atom is -0.339 e. The third-order valence-electron chi connectivity index (χ3n) is 6.40. The smallest absolute Gasteiger partial charge is 0.231 e. The predicted molar refractivity (Wildman–Crippen MR) is 81.0 cm³/mol. The van der Waals surface area contributed by atoms with Gasteiger partial charge < -0.3 is 4.52 Å². The lowest BCUT2D eigenvalue weighted by atomic mass is 9.68. The molecule has 3 aliphatic rings. The molecule has 1 aromatic heterocycles. The fourth-order valence-corrected chi connectivity index (χ4v) is 5.35. The maximum absolute atomic E-state index is 5.64. The molecule has 2 saturated heterocycles. The second-order valence-corrected chi connectivity index (χ2v) is 7.47. The summed E-state index contributed by atoms with van der Waals surface area (Å²) in [4.78, 5) is 7.23. The summed E-state index contributed by atoms with van der Waals surface area (Å²) < 4.78 is 5.64. The van der Waals surface area contributed by atoms with Crippen molar-refractivity contribution < 1.29 is 4.52 Å². The number of rotatable bonds is 2. The van der Waals surface area contributed by atoms with Gasteiger partial charge in [0, 0.05) is 12.1 Å². The summed E-state index contributed by atoms with van der Waals surface area (Å²) in [6, 6.07) is 1.41. The maximum atomic E-state index is 5.64. The number of likely N-dealkylation sites (N-methyl/N-ethyl adjacent to an activating group) is 1. The third kappa shape index (κ3) is 2.32. The van der Waals surface area contributed by atoms with Crippen LogP contribution < -0.4 is 0 Å². The topological polar surface area (TPSA) is 42.2 Å². The first-order valence-electron chi connectivity index (χ1n) is 8.76. The van der Waals surface area contributed by atoms with Crippen molar-refractivity contribution in [3.8, 4) is 0 Å². The van der Waals surface area contributed by atoms with Gasteiger partial charge in [0.25, 0.3) is 0 Å². The molecule has 0 spiro atoms. The molecule has 4 heteroatoms. The van der Waals surface area contributed by atoms with Crippen LogP contribution in [0.3, 0.4) is 0 Å². The monoisotopic (exact) mass is 289 g/mol. The van der Waals surface area contributed by atoms with Crippen molar-refractivity contribution in [2.24, 2.45) is 11.8 Å². The van der Waals surface area contributed by atoms with Gasteiger partial charge in [0.15, 0.2) is 5.82 Å². The van der Waals surface area contributed by atoms with E-state index in [9.17, 15) is 0 Å². The molecule has 4 atom stereocenters. The third-order valence-corrected chi connectivity index (χ3v) is 6.40. The van der Waals surface area contributed by atoms with Crippen molar-refractivity contribution in [1.29, 1.82) is 0 Å². The van der Waals surface area contributed by atoms with E-state index in [1.165, 1.54) is 51.4 Å². The van der Waals surface area contributed by atoms with Crippen LogP contribution in [0.1, 0.15) is 69.0 Å². The van der Waals surface area contributed by atoms with Gasteiger partial charge in [-0.1, -0.05) is 37.3 Å². The Kier molecular flexibility index (Phi) is 3.52. The van der Waals surface area contributed by atoms with Crippen LogP contribution in [0.25, 0.3) is 0 Å². The summed E-state index contributed by atoms with van der Waals surface area (Å²) >= 11 is 0. The molecule has 2 bridgehead atoms. The average molecular weight is 289 g/mol. The molecule has 4 rings (SSSR count). The highest BCUT2D eigenvalue weighted by Gasteiger charge is 2.50.